The minimum absolute atomic E-state index is 0.185. The maximum atomic E-state index is 10.1. The van der Waals surface area contributed by atoms with Gasteiger partial charge in [-0.3, -0.25) is 9.89 Å². The van der Waals surface area contributed by atoms with E-state index in [0.29, 0.717) is 0 Å². The van der Waals surface area contributed by atoms with Crippen LogP contribution in [-0.4, -0.2) is 42.1 Å². The Balaban J connectivity index is 1.91. The van der Waals surface area contributed by atoms with Gasteiger partial charge in [-0.15, -0.1) is 0 Å². The summed E-state index contributed by atoms with van der Waals surface area (Å²) in [4.78, 5) is 6.34. The summed E-state index contributed by atoms with van der Waals surface area (Å²) < 4.78 is 0. The van der Waals surface area contributed by atoms with Gasteiger partial charge in [0.05, 0.1) is 0 Å². The first kappa shape index (κ1) is 9.87. The van der Waals surface area contributed by atoms with Crippen molar-refractivity contribution >= 4 is 6.21 Å². The third kappa shape index (κ3) is 2.04. The van der Waals surface area contributed by atoms with E-state index in [1.54, 1.807) is 6.21 Å². The lowest BCUT2D eigenvalue weighted by atomic mass is 10.1. The molecule has 3 heteroatoms. The second-order valence-corrected chi connectivity index (χ2v) is 4.37. The van der Waals surface area contributed by atoms with Gasteiger partial charge in [-0.1, -0.05) is 13.0 Å². The molecule has 0 aromatic carbocycles. The van der Waals surface area contributed by atoms with Crippen LogP contribution in [0.25, 0.3) is 0 Å². The highest BCUT2D eigenvalue weighted by Crippen LogP contribution is 2.21. The molecule has 2 aliphatic rings. The van der Waals surface area contributed by atoms with Crippen molar-refractivity contribution < 1.29 is 5.11 Å². The molecule has 0 aliphatic carbocycles. The van der Waals surface area contributed by atoms with Crippen molar-refractivity contribution in [1.29, 1.82) is 0 Å². The Kier molecular flexibility index (Phi) is 2.99. The summed E-state index contributed by atoms with van der Waals surface area (Å²) in [7, 11) is 0. The molecule has 0 aromatic heterocycles. The average molecular weight is 194 g/mol. The first-order valence-corrected chi connectivity index (χ1v) is 5.36. The number of aliphatic hydroxyl groups is 1. The van der Waals surface area contributed by atoms with Crippen LogP contribution in [0.1, 0.15) is 13.3 Å². The molecule has 3 nitrogen and oxygen atoms in total. The lowest BCUT2D eigenvalue weighted by molar-refractivity contribution is -0.0112. The molecule has 78 valence electrons. The monoisotopic (exact) mass is 194 g/mol. The SMILES string of the molecule is CC1CCN(C(O)C2C=CC=NC2)C1. The second kappa shape index (κ2) is 4.24. The van der Waals surface area contributed by atoms with Crippen LogP contribution in [0.4, 0.5) is 0 Å². The molecule has 3 unspecified atom stereocenters. The topological polar surface area (TPSA) is 35.8 Å². The van der Waals surface area contributed by atoms with E-state index in [4.69, 9.17) is 0 Å². The molecule has 1 saturated heterocycles. The maximum absolute atomic E-state index is 10.1. The predicted octanol–water partition coefficient (Wildman–Crippen LogP) is 0.903. The molecule has 0 spiro atoms. The van der Waals surface area contributed by atoms with Gasteiger partial charge in [-0.25, -0.2) is 0 Å². The fourth-order valence-electron chi connectivity index (χ4n) is 2.17. The number of dihydropyridines is 1. The third-order valence-corrected chi connectivity index (χ3v) is 3.08. The number of aliphatic imine (C=N–C) groups is 1. The Morgan fingerprint density at radius 3 is 3.00 bits per heavy atom. The summed E-state index contributed by atoms with van der Waals surface area (Å²) in [6.45, 7) is 5.01. The summed E-state index contributed by atoms with van der Waals surface area (Å²) in [5.41, 5.74) is 0. The number of nitrogens with zero attached hydrogens (tertiary/aromatic N) is 2. The van der Waals surface area contributed by atoms with Crippen molar-refractivity contribution in [1.82, 2.24) is 4.90 Å². The van der Waals surface area contributed by atoms with Crippen LogP contribution in [0.15, 0.2) is 17.1 Å². The van der Waals surface area contributed by atoms with Crippen molar-refractivity contribution in [3.8, 4) is 0 Å². The van der Waals surface area contributed by atoms with Crippen LogP contribution >= 0.6 is 0 Å². The Bertz CT molecular complexity index is 250. The van der Waals surface area contributed by atoms with E-state index in [2.05, 4.69) is 22.9 Å². The first-order valence-electron chi connectivity index (χ1n) is 5.36. The van der Waals surface area contributed by atoms with Crippen LogP contribution in [0.3, 0.4) is 0 Å². The van der Waals surface area contributed by atoms with Crippen LogP contribution < -0.4 is 0 Å². The third-order valence-electron chi connectivity index (χ3n) is 3.08. The Morgan fingerprint density at radius 1 is 1.57 bits per heavy atom. The zero-order valence-electron chi connectivity index (χ0n) is 8.63. The highest BCUT2D eigenvalue weighted by atomic mass is 16.3. The van der Waals surface area contributed by atoms with E-state index in [0.717, 1.165) is 25.6 Å². The minimum Gasteiger partial charge on any atom is -0.378 e. The van der Waals surface area contributed by atoms with E-state index in [9.17, 15) is 5.11 Å². The van der Waals surface area contributed by atoms with Crippen LogP contribution in [0, 0.1) is 11.8 Å². The summed E-state index contributed by atoms with van der Waals surface area (Å²) in [6, 6.07) is 0. The van der Waals surface area contributed by atoms with Gasteiger partial charge < -0.3 is 5.11 Å². The minimum atomic E-state index is -0.339. The molecule has 0 saturated carbocycles. The van der Waals surface area contributed by atoms with Crippen molar-refractivity contribution in [2.75, 3.05) is 19.6 Å². The number of allylic oxidation sites excluding steroid dienone is 1. The fraction of sp³-hybridized carbons (Fsp3) is 0.727. The molecule has 0 aromatic rings. The van der Waals surface area contributed by atoms with Gasteiger partial charge in [-0.2, -0.15) is 0 Å². The van der Waals surface area contributed by atoms with Gasteiger partial charge in [0.15, 0.2) is 0 Å². The van der Waals surface area contributed by atoms with Gasteiger partial charge >= 0.3 is 0 Å². The van der Waals surface area contributed by atoms with E-state index < -0.39 is 0 Å². The zero-order chi connectivity index (χ0) is 9.97. The highest BCUT2D eigenvalue weighted by molar-refractivity contribution is 5.71. The van der Waals surface area contributed by atoms with Gasteiger partial charge in [0.1, 0.15) is 6.23 Å². The molecular weight excluding hydrogens is 176 g/mol. The predicted molar refractivity (Wildman–Crippen MR) is 57.3 cm³/mol. The standard InChI is InChI=1S/C11H18N2O/c1-9-4-6-13(8-9)11(14)10-3-2-5-12-7-10/h2-3,5,9-11,14H,4,6-8H2,1H3. The normalized spacial score (nSPS) is 35.0. The molecule has 0 amide bonds. The molecule has 2 aliphatic heterocycles. The molecule has 14 heavy (non-hydrogen) atoms. The number of hydrogen-bond donors (Lipinski definition) is 1. The van der Waals surface area contributed by atoms with E-state index in [-0.39, 0.29) is 12.1 Å². The smallest absolute Gasteiger partial charge is 0.115 e. The average Bonchev–Trinajstić information content (AvgIpc) is 2.65. The van der Waals surface area contributed by atoms with E-state index in [1.807, 2.05) is 6.08 Å². The molecule has 3 atom stereocenters. The van der Waals surface area contributed by atoms with Crippen LogP contribution in [-0.2, 0) is 0 Å². The van der Waals surface area contributed by atoms with Crippen LogP contribution in [0.2, 0.25) is 0 Å². The molecule has 2 rings (SSSR count). The zero-order valence-corrected chi connectivity index (χ0v) is 8.63. The van der Waals surface area contributed by atoms with Crippen molar-refractivity contribution in [2.24, 2.45) is 16.8 Å². The van der Waals surface area contributed by atoms with Gasteiger partial charge in [0, 0.05) is 31.8 Å². The van der Waals surface area contributed by atoms with Gasteiger partial charge in [-0.05, 0) is 18.4 Å². The summed E-state index contributed by atoms with van der Waals surface area (Å²) in [6.07, 6.45) is 6.65. The van der Waals surface area contributed by atoms with E-state index >= 15 is 0 Å². The number of rotatable bonds is 2. The molecule has 0 radical (unpaired) electrons. The lowest BCUT2D eigenvalue weighted by Gasteiger charge is -2.28. The molecule has 1 N–H and O–H groups in total. The number of aliphatic hydroxyl groups excluding tert-OH is 1. The largest absolute Gasteiger partial charge is 0.378 e. The Morgan fingerprint density at radius 2 is 2.43 bits per heavy atom. The number of hydrogen-bond acceptors (Lipinski definition) is 3. The van der Waals surface area contributed by atoms with Crippen LogP contribution in [0.5, 0.6) is 0 Å². The summed E-state index contributed by atoms with van der Waals surface area (Å²) in [5, 5.41) is 10.1. The second-order valence-electron chi connectivity index (χ2n) is 4.37. The van der Waals surface area contributed by atoms with Gasteiger partial charge in [0.2, 0.25) is 0 Å². The first-order chi connectivity index (χ1) is 6.77. The molecule has 2 heterocycles. The van der Waals surface area contributed by atoms with E-state index in [1.165, 1.54) is 6.42 Å². The quantitative estimate of drug-likeness (QED) is 0.709. The lowest BCUT2D eigenvalue weighted by Crippen LogP contribution is -2.40. The van der Waals surface area contributed by atoms with Gasteiger partial charge in [0.25, 0.3) is 0 Å². The van der Waals surface area contributed by atoms with Crippen molar-refractivity contribution in [3.05, 3.63) is 12.2 Å². The Hall–Kier alpha value is -0.670. The van der Waals surface area contributed by atoms with Crippen molar-refractivity contribution in [3.63, 3.8) is 0 Å². The molecule has 0 bridgehead atoms. The molecule has 1 fully saturated rings. The summed E-state index contributed by atoms with van der Waals surface area (Å²) in [5.74, 6) is 0.908. The molecular formula is C11H18N2O. The van der Waals surface area contributed by atoms with Crippen molar-refractivity contribution in [2.45, 2.75) is 19.6 Å². The highest BCUT2D eigenvalue weighted by Gasteiger charge is 2.29. The fourth-order valence-corrected chi connectivity index (χ4v) is 2.17. The maximum Gasteiger partial charge on any atom is 0.115 e. The number of likely N-dealkylation sites (tertiary alicyclic amines) is 1. The summed E-state index contributed by atoms with van der Waals surface area (Å²) >= 11 is 0. The Labute approximate surface area is 85.1 Å².